The zero-order valence-electron chi connectivity index (χ0n) is 5.55. The topological polar surface area (TPSA) is 20.2 Å². The molecule has 0 aromatic carbocycles. The quantitative estimate of drug-likeness (QED) is 0.829. The number of aliphatic hydroxyl groups excluding tert-OH is 1. The minimum Gasteiger partial charge on any atom is -0.384 e. The third-order valence-corrected chi connectivity index (χ3v) is 3.61. The zero-order chi connectivity index (χ0) is 8.43. The minimum absolute atomic E-state index is 0.577. The summed E-state index contributed by atoms with van der Waals surface area (Å²) in [4.78, 5) is 0. The molecule has 1 aromatic heterocycles. The van der Waals surface area contributed by atoms with Gasteiger partial charge in [0.1, 0.15) is 0 Å². The molecule has 0 saturated heterocycles. The lowest BCUT2D eigenvalue weighted by atomic mass is 10.2. The van der Waals surface area contributed by atoms with E-state index in [-0.39, 0.29) is 0 Å². The van der Waals surface area contributed by atoms with Gasteiger partial charge in [-0.3, -0.25) is 0 Å². The van der Waals surface area contributed by atoms with Crippen LogP contribution >= 0.6 is 43.2 Å². The first kappa shape index (κ1) is 9.45. The van der Waals surface area contributed by atoms with Gasteiger partial charge >= 0.3 is 0 Å². The first-order chi connectivity index (χ1) is 5.15. The molecule has 0 bridgehead atoms. The maximum Gasteiger partial charge on any atom is 0.0988 e. The van der Waals surface area contributed by atoms with Gasteiger partial charge < -0.3 is 5.11 Å². The van der Waals surface area contributed by atoms with Crippen molar-refractivity contribution in [3.05, 3.63) is 31.9 Å². The van der Waals surface area contributed by atoms with E-state index >= 15 is 0 Å². The fourth-order valence-corrected chi connectivity index (χ4v) is 3.59. The Hall–Kier alpha value is 0.360. The molecule has 1 unspecified atom stereocenters. The molecular weight excluding hydrogens is 292 g/mol. The Morgan fingerprint density at radius 1 is 1.64 bits per heavy atom. The molecule has 1 aromatic rings. The molecular formula is C7H6Br2OS. The summed E-state index contributed by atoms with van der Waals surface area (Å²) in [6.07, 6.45) is 0.922. The molecule has 1 heterocycles. The van der Waals surface area contributed by atoms with E-state index in [1.54, 1.807) is 0 Å². The molecule has 11 heavy (non-hydrogen) atoms. The maximum atomic E-state index is 9.36. The molecule has 0 spiro atoms. The highest BCUT2D eigenvalue weighted by molar-refractivity contribution is 9.12. The normalized spacial score (nSPS) is 13.0. The summed E-state index contributed by atoms with van der Waals surface area (Å²) >= 11 is 8.20. The summed E-state index contributed by atoms with van der Waals surface area (Å²) in [6, 6.07) is 1.88. The molecule has 0 saturated carbocycles. The Bertz CT molecular complexity index is 269. The van der Waals surface area contributed by atoms with Gasteiger partial charge in [0.2, 0.25) is 0 Å². The Balaban J connectivity index is 3.02. The summed E-state index contributed by atoms with van der Waals surface area (Å²) < 4.78 is 1.94. The molecule has 1 N–H and O–H groups in total. The third kappa shape index (κ3) is 2.15. The van der Waals surface area contributed by atoms with Gasteiger partial charge in [-0.15, -0.1) is 17.9 Å². The van der Waals surface area contributed by atoms with Gasteiger partial charge in [-0.1, -0.05) is 6.08 Å². The number of halogens is 2. The fourth-order valence-electron chi connectivity index (χ4n) is 0.682. The second kappa shape index (κ2) is 3.85. The van der Waals surface area contributed by atoms with Gasteiger partial charge in [-0.2, -0.15) is 0 Å². The van der Waals surface area contributed by atoms with Crippen LogP contribution in [-0.2, 0) is 0 Å². The van der Waals surface area contributed by atoms with Crippen molar-refractivity contribution in [2.24, 2.45) is 0 Å². The number of rotatable bonds is 2. The lowest BCUT2D eigenvalue weighted by molar-refractivity contribution is 0.229. The summed E-state index contributed by atoms with van der Waals surface area (Å²) in [6.45, 7) is 3.51. The molecule has 0 fully saturated rings. The van der Waals surface area contributed by atoms with Gasteiger partial charge in [0, 0.05) is 5.56 Å². The number of hydrogen-bond acceptors (Lipinski definition) is 2. The van der Waals surface area contributed by atoms with Crippen LogP contribution in [0.2, 0.25) is 0 Å². The summed E-state index contributed by atoms with van der Waals surface area (Å²) in [5, 5.41) is 9.36. The monoisotopic (exact) mass is 296 g/mol. The Labute approximate surface area is 86.0 Å². The summed E-state index contributed by atoms with van der Waals surface area (Å²) in [5.74, 6) is 0. The van der Waals surface area contributed by atoms with Crippen LogP contribution < -0.4 is 0 Å². The van der Waals surface area contributed by atoms with E-state index in [0.717, 1.165) is 13.1 Å². The Morgan fingerprint density at radius 2 is 2.27 bits per heavy atom. The summed E-state index contributed by atoms with van der Waals surface area (Å²) in [5.41, 5.74) is 0.858. The molecule has 60 valence electrons. The lowest BCUT2D eigenvalue weighted by Crippen LogP contribution is -1.89. The van der Waals surface area contributed by atoms with E-state index in [0.29, 0.717) is 0 Å². The largest absolute Gasteiger partial charge is 0.384 e. The van der Waals surface area contributed by atoms with Crippen molar-refractivity contribution in [3.8, 4) is 0 Å². The van der Waals surface area contributed by atoms with Crippen LogP contribution in [-0.4, -0.2) is 5.11 Å². The first-order valence-corrected chi connectivity index (χ1v) is 5.30. The van der Waals surface area contributed by atoms with E-state index in [1.165, 1.54) is 17.4 Å². The minimum atomic E-state index is -0.577. The van der Waals surface area contributed by atoms with Crippen molar-refractivity contribution in [2.75, 3.05) is 0 Å². The highest BCUT2D eigenvalue weighted by Gasteiger charge is 2.10. The van der Waals surface area contributed by atoms with E-state index in [2.05, 4.69) is 38.4 Å². The van der Waals surface area contributed by atoms with Crippen LogP contribution in [0.3, 0.4) is 0 Å². The predicted molar refractivity (Wildman–Crippen MR) is 54.9 cm³/mol. The molecule has 0 radical (unpaired) electrons. The zero-order valence-corrected chi connectivity index (χ0v) is 9.54. The van der Waals surface area contributed by atoms with Crippen molar-refractivity contribution in [1.29, 1.82) is 0 Å². The highest BCUT2D eigenvalue weighted by Crippen LogP contribution is 2.35. The SMILES string of the molecule is C=CC(O)c1cc(Br)sc1Br. The van der Waals surface area contributed by atoms with E-state index in [1.807, 2.05) is 6.07 Å². The van der Waals surface area contributed by atoms with Gasteiger partial charge in [-0.05, 0) is 37.9 Å². The van der Waals surface area contributed by atoms with E-state index in [9.17, 15) is 5.11 Å². The van der Waals surface area contributed by atoms with Crippen molar-refractivity contribution in [1.82, 2.24) is 0 Å². The van der Waals surface area contributed by atoms with Gasteiger partial charge in [-0.25, -0.2) is 0 Å². The van der Waals surface area contributed by atoms with Crippen molar-refractivity contribution < 1.29 is 5.11 Å². The average molecular weight is 298 g/mol. The van der Waals surface area contributed by atoms with Crippen LogP contribution in [0, 0.1) is 0 Å². The molecule has 1 nitrogen and oxygen atoms in total. The summed E-state index contributed by atoms with van der Waals surface area (Å²) in [7, 11) is 0. The molecule has 0 aliphatic rings. The second-order valence-corrected chi connectivity index (χ2v) is 5.71. The molecule has 1 atom stereocenters. The van der Waals surface area contributed by atoms with Crippen LogP contribution in [0.5, 0.6) is 0 Å². The molecule has 0 aliphatic heterocycles. The average Bonchev–Trinajstić information content (AvgIpc) is 2.28. The van der Waals surface area contributed by atoms with Crippen molar-refractivity contribution in [2.45, 2.75) is 6.10 Å². The predicted octanol–water partition coefficient (Wildman–Crippen LogP) is 3.49. The van der Waals surface area contributed by atoms with Crippen LogP contribution in [0.25, 0.3) is 0 Å². The Morgan fingerprint density at radius 3 is 2.64 bits per heavy atom. The molecule has 0 amide bonds. The highest BCUT2D eigenvalue weighted by atomic mass is 79.9. The van der Waals surface area contributed by atoms with Gasteiger partial charge in [0.15, 0.2) is 0 Å². The van der Waals surface area contributed by atoms with Crippen LogP contribution in [0.4, 0.5) is 0 Å². The first-order valence-electron chi connectivity index (χ1n) is 2.90. The van der Waals surface area contributed by atoms with Gasteiger partial charge in [0.05, 0.1) is 13.7 Å². The Kier molecular flexibility index (Phi) is 3.30. The van der Waals surface area contributed by atoms with Crippen molar-refractivity contribution in [3.63, 3.8) is 0 Å². The smallest absolute Gasteiger partial charge is 0.0988 e. The third-order valence-electron chi connectivity index (χ3n) is 1.22. The number of thiophene rings is 1. The fraction of sp³-hybridized carbons (Fsp3) is 0.143. The molecule has 4 heteroatoms. The maximum absolute atomic E-state index is 9.36. The van der Waals surface area contributed by atoms with Crippen molar-refractivity contribution >= 4 is 43.2 Å². The van der Waals surface area contributed by atoms with Crippen LogP contribution in [0.15, 0.2) is 26.3 Å². The number of aliphatic hydroxyl groups is 1. The van der Waals surface area contributed by atoms with E-state index in [4.69, 9.17) is 0 Å². The lowest BCUT2D eigenvalue weighted by Gasteiger charge is -2.00. The van der Waals surface area contributed by atoms with E-state index < -0.39 is 6.10 Å². The molecule has 0 aliphatic carbocycles. The number of hydrogen-bond donors (Lipinski definition) is 1. The second-order valence-electron chi connectivity index (χ2n) is 1.96. The van der Waals surface area contributed by atoms with Crippen LogP contribution in [0.1, 0.15) is 11.7 Å². The van der Waals surface area contributed by atoms with Gasteiger partial charge in [0.25, 0.3) is 0 Å². The standard InChI is InChI=1S/C7H6Br2OS/c1-2-5(10)4-3-6(8)11-7(4)9/h2-3,5,10H,1H2. The molecule has 1 rings (SSSR count).